The highest BCUT2D eigenvalue weighted by molar-refractivity contribution is 6.06. The summed E-state index contributed by atoms with van der Waals surface area (Å²) in [6, 6.07) is 2.45. The lowest BCUT2D eigenvalue weighted by Gasteiger charge is -2.31. The normalized spacial score (nSPS) is 22.1. The number of amides is 2. The van der Waals surface area contributed by atoms with Crippen molar-refractivity contribution in [1.82, 2.24) is 4.90 Å². The Labute approximate surface area is 145 Å². The van der Waals surface area contributed by atoms with E-state index >= 15 is 0 Å². The van der Waals surface area contributed by atoms with Crippen LogP contribution in [0.2, 0.25) is 0 Å². The molecule has 8 nitrogen and oxygen atoms in total. The molecule has 0 spiro atoms. The fourth-order valence-corrected chi connectivity index (χ4v) is 3.36. The predicted molar refractivity (Wildman–Crippen MR) is 91.5 cm³/mol. The number of hydrogen-bond donors (Lipinski definition) is 2. The molecule has 2 heterocycles. The molecule has 0 radical (unpaired) electrons. The van der Waals surface area contributed by atoms with Crippen LogP contribution in [0.25, 0.3) is 0 Å². The van der Waals surface area contributed by atoms with Gasteiger partial charge in [-0.15, -0.1) is 0 Å². The number of ether oxygens (including phenoxy) is 2. The maximum Gasteiger partial charge on any atom is 0.416 e. The Bertz CT molecular complexity index is 720. The first-order valence-electron chi connectivity index (χ1n) is 8.03. The summed E-state index contributed by atoms with van der Waals surface area (Å²) >= 11 is 0. The fraction of sp³-hybridized carbons (Fsp3) is 0.412. The minimum absolute atomic E-state index is 0.00858. The van der Waals surface area contributed by atoms with Gasteiger partial charge in [0, 0.05) is 6.54 Å². The number of fused-ring (bicyclic) bond motifs is 2. The van der Waals surface area contributed by atoms with E-state index in [9.17, 15) is 14.7 Å². The molecule has 2 amide bonds. The van der Waals surface area contributed by atoms with Gasteiger partial charge in [0.05, 0.1) is 30.1 Å². The summed E-state index contributed by atoms with van der Waals surface area (Å²) < 4.78 is 10.3. The van der Waals surface area contributed by atoms with Crippen LogP contribution in [0.15, 0.2) is 24.8 Å². The van der Waals surface area contributed by atoms with E-state index in [1.54, 1.807) is 4.90 Å². The number of benzene rings is 1. The van der Waals surface area contributed by atoms with Crippen LogP contribution in [0.5, 0.6) is 5.75 Å². The second-order valence-corrected chi connectivity index (χ2v) is 5.97. The van der Waals surface area contributed by atoms with Gasteiger partial charge in [0.1, 0.15) is 12.4 Å². The summed E-state index contributed by atoms with van der Waals surface area (Å²) in [6.07, 6.45) is 0.791. The van der Waals surface area contributed by atoms with E-state index in [0.29, 0.717) is 18.7 Å². The lowest BCUT2D eigenvalue weighted by atomic mass is 10.1. The number of nitrogen functional groups attached to an aromatic ring is 1. The zero-order valence-electron chi connectivity index (χ0n) is 14.0. The fourth-order valence-electron chi connectivity index (χ4n) is 3.36. The number of aliphatic hydroxyl groups is 1. The van der Waals surface area contributed by atoms with Gasteiger partial charge in [0.2, 0.25) is 0 Å². The van der Waals surface area contributed by atoms with Gasteiger partial charge in [0.15, 0.2) is 6.23 Å². The van der Waals surface area contributed by atoms with Crippen LogP contribution in [-0.4, -0.2) is 54.5 Å². The number of anilines is 2. The Morgan fingerprint density at radius 1 is 1.52 bits per heavy atom. The number of methoxy groups -OCH3 is 1. The molecule has 1 unspecified atom stereocenters. The molecular weight excluding hydrogens is 326 g/mol. The Kier molecular flexibility index (Phi) is 4.54. The topological polar surface area (TPSA) is 105 Å². The molecule has 0 aliphatic carbocycles. The number of nitrogens with zero attached hydrogens (tertiary/aromatic N) is 2. The summed E-state index contributed by atoms with van der Waals surface area (Å²) in [5, 5.41) is 10.8. The lowest BCUT2D eigenvalue weighted by Crippen LogP contribution is -2.50. The molecule has 1 aromatic carbocycles. The Hall–Kier alpha value is -2.74. The molecule has 0 saturated carbocycles. The molecule has 1 fully saturated rings. The second kappa shape index (κ2) is 6.64. The third-order valence-electron chi connectivity index (χ3n) is 4.53. The molecule has 134 valence electrons. The molecular formula is C17H21N3O5. The average molecular weight is 347 g/mol. The molecule has 2 aliphatic heterocycles. The first kappa shape index (κ1) is 17.1. The Morgan fingerprint density at radius 3 is 2.96 bits per heavy atom. The largest absolute Gasteiger partial charge is 0.495 e. The summed E-state index contributed by atoms with van der Waals surface area (Å²) in [4.78, 5) is 28.2. The highest BCUT2D eigenvalue weighted by atomic mass is 16.6. The quantitative estimate of drug-likeness (QED) is 0.631. The van der Waals surface area contributed by atoms with Crippen molar-refractivity contribution in [2.24, 2.45) is 0 Å². The van der Waals surface area contributed by atoms with Gasteiger partial charge in [-0.3, -0.25) is 4.79 Å². The summed E-state index contributed by atoms with van der Waals surface area (Å²) in [5.41, 5.74) is 6.65. The molecule has 1 saturated heterocycles. The molecule has 2 atom stereocenters. The van der Waals surface area contributed by atoms with Crippen LogP contribution in [0.1, 0.15) is 23.2 Å². The van der Waals surface area contributed by atoms with E-state index in [4.69, 9.17) is 15.2 Å². The van der Waals surface area contributed by atoms with Gasteiger partial charge in [-0.2, -0.15) is 0 Å². The zero-order valence-corrected chi connectivity index (χ0v) is 14.0. The Balaban J connectivity index is 2.15. The molecule has 0 aromatic heterocycles. The molecule has 25 heavy (non-hydrogen) atoms. The van der Waals surface area contributed by atoms with Crippen LogP contribution >= 0.6 is 0 Å². The summed E-state index contributed by atoms with van der Waals surface area (Å²) in [7, 11) is 1.45. The van der Waals surface area contributed by atoms with Crippen molar-refractivity contribution in [2.45, 2.75) is 25.1 Å². The van der Waals surface area contributed by atoms with Gasteiger partial charge < -0.3 is 25.2 Å². The van der Waals surface area contributed by atoms with E-state index in [1.165, 1.54) is 25.3 Å². The van der Waals surface area contributed by atoms with Gasteiger partial charge in [-0.25, -0.2) is 9.69 Å². The maximum absolute atomic E-state index is 12.9. The third kappa shape index (κ3) is 2.78. The number of aliphatic hydroxyl groups excluding tert-OH is 1. The molecule has 0 bridgehead atoms. The number of rotatable bonds is 3. The van der Waals surface area contributed by atoms with Gasteiger partial charge in [-0.1, -0.05) is 12.7 Å². The summed E-state index contributed by atoms with van der Waals surface area (Å²) in [5.74, 6) is 0.0625. The van der Waals surface area contributed by atoms with Crippen LogP contribution in [0.4, 0.5) is 16.2 Å². The number of carbonyl (C=O) groups is 2. The Morgan fingerprint density at radius 2 is 2.28 bits per heavy atom. The number of carbonyl (C=O) groups excluding carboxylic acids is 2. The van der Waals surface area contributed by atoms with E-state index in [-0.39, 0.29) is 29.5 Å². The van der Waals surface area contributed by atoms with Crippen LogP contribution in [0, 0.1) is 0 Å². The first-order chi connectivity index (χ1) is 12.0. The van der Waals surface area contributed by atoms with E-state index < -0.39 is 18.4 Å². The number of nitrogens with two attached hydrogens (primary N) is 1. The SMILES string of the molecule is C=CCOC(=O)N1c2cc(N)c(OC)cc2C(=O)N2CCCC2[C@@H]1O. The first-order valence-corrected chi connectivity index (χ1v) is 8.03. The second-order valence-electron chi connectivity index (χ2n) is 5.97. The van der Waals surface area contributed by atoms with Gasteiger partial charge in [0.25, 0.3) is 5.91 Å². The molecule has 8 heteroatoms. The van der Waals surface area contributed by atoms with Crippen molar-refractivity contribution in [3.63, 3.8) is 0 Å². The standard InChI is InChI=1S/C17H21N3O5/c1-3-7-25-17(23)20-13-9-11(18)14(24-2)8-10(13)15(21)19-6-4-5-12(19)16(20)22/h3,8-9,12,16,22H,1,4-7,18H2,2H3/t12?,16-/m0/s1. The molecule has 3 N–H and O–H groups in total. The molecule has 2 aliphatic rings. The van der Waals surface area contributed by atoms with E-state index in [2.05, 4.69) is 6.58 Å². The van der Waals surface area contributed by atoms with Crippen LogP contribution in [0.3, 0.4) is 0 Å². The smallest absolute Gasteiger partial charge is 0.416 e. The van der Waals surface area contributed by atoms with Crippen molar-refractivity contribution in [1.29, 1.82) is 0 Å². The highest BCUT2D eigenvalue weighted by Gasteiger charge is 2.45. The lowest BCUT2D eigenvalue weighted by molar-refractivity contribution is 0.0496. The van der Waals surface area contributed by atoms with Crippen molar-refractivity contribution in [2.75, 3.05) is 30.9 Å². The van der Waals surface area contributed by atoms with Gasteiger partial charge >= 0.3 is 6.09 Å². The minimum atomic E-state index is -1.22. The van der Waals surface area contributed by atoms with Crippen molar-refractivity contribution < 1.29 is 24.2 Å². The summed E-state index contributed by atoms with van der Waals surface area (Å²) in [6.45, 7) is 4.01. The highest BCUT2D eigenvalue weighted by Crippen LogP contribution is 2.39. The predicted octanol–water partition coefficient (Wildman–Crippen LogP) is 1.34. The average Bonchev–Trinajstić information content (AvgIpc) is 3.06. The molecule has 1 aromatic rings. The number of hydrogen-bond acceptors (Lipinski definition) is 6. The van der Waals surface area contributed by atoms with Gasteiger partial charge in [-0.05, 0) is 25.0 Å². The van der Waals surface area contributed by atoms with Crippen LogP contribution in [-0.2, 0) is 4.74 Å². The van der Waals surface area contributed by atoms with Crippen molar-refractivity contribution >= 4 is 23.4 Å². The van der Waals surface area contributed by atoms with Crippen molar-refractivity contribution in [3.8, 4) is 5.75 Å². The molecule has 3 rings (SSSR count). The third-order valence-corrected chi connectivity index (χ3v) is 4.53. The van der Waals surface area contributed by atoms with Crippen LogP contribution < -0.4 is 15.4 Å². The van der Waals surface area contributed by atoms with E-state index in [0.717, 1.165) is 11.3 Å². The maximum atomic E-state index is 12.9. The van der Waals surface area contributed by atoms with E-state index in [1.807, 2.05) is 0 Å². The minimum Gasteiger partial charge on any atom is -0.495 e. The van der Waals surface area contributed by atoms with Crippen molar-refractivity contribution in [3.05, 3.63) is 30.4 Å². The monoisotopic (exact) mass is 347 g/mol. The zero-order chi connectivity index (χ0) is 18.1.